The first-order valence-electron chi connectivity index (χ1n) is 9.31. The third-order valence-electron chi connectivity index (χ3n) is 4.38. The molecule has 0 unspecified atom stereocenters. The number of nitriles is 1. The second kappa shape index (κ2) is 7.80. The molecule has 0 bridgehead atoms. The van der Waals surface area contributed by atoms with E-state index in [4.69, 9.17) is 10.5 Å². The Bertz CT molecular complexity index is 1090. The van der Waals surface area contributed by atoms with Gasteiger partial charge in [0.25, 0.3) is 5.91 Å². The molecule has 1 aromatic heterocycles. The van der Waals surface area contributed by atoms with Crippen molar-refractivity contribution in [1.82, 2.24) is 9.78 Å². The van der Waals surface area contributed by atoms with Crippen LogP contribution < -0.4 is 10.5 Å². The number of aryl methyl sites for hydroxylation is 1. The summed E-state index contributed by atoms with van der Waals surface area (Å²) in [6.07, 6.45) is 0. The smallest absolute Gasteiger partial charge is 0.269 e. The fourth-order valence-electron chi connectivity index (χ4n) is 3.09. The highest BCUT2D eigenvalue weighted by Crippen LogP contribution is 2.36. The minimum atomic E-state index is -0.621. The molecular weight excluding hydrogens is 364 g/mol. The minimum Gasteiger partial charge on any atom is -0.492 e. The maximum Gasteiger partial charge on any atom is 0.269 e. The first-order chi connectivity index (χ1) is 13.7. The maximum absolute atomic E-state index is 12.1. The second-order valence-corrected chi connectivity index (χ2v) is 8.10. The van der Waals surface area contributed by atoms with E-state index in [0.717, 1.165) is 11.3 Å². The summed E-state index contributed by atoms with van der Waals surface area (Å²) >= 11 is 0. The Morgan fingerprint density at radius 1 is 1.17 bits per heavy atom. The molecule has 0 fully saturated rings. The Morgan fingerprint density at radius 3 is 2.45 bits per heavy atom. The van der Waals surface area contributed by atoms with Crippen molar-refractivity contribution in [2.75, 3.05) is 6.61 Å². The molecule has 29 heavy (non-hydrogen) atoms. The Kier molecular flexibility index (Phi) is 5.42. The fourth-order valence-corrected chi connectivity index (χ4v) is 3.09. The second-order valence-electron chi connectivity index (χ2n) is 8.10. The van der Waals surface area contributed by atoms with Gasteiger partial charge in [0, 0.05) is 18.2 Å². The van der Waals surface area contributed by atoms with Gasteiger partial charge in [-0.1, -0.05) is 57.2 Å². The topological polar surface area (TPSA) is 93.9 Å². The average Bonchev–Trinajstić information content (AvgIpc) is 3.03. The van der Waals surface area contributed by atoms with Gasteiger partial charge in [0.2, 0.25) is 0 Å². The predicted octanol–water partition coefficient (Wildman–Crippen LogP) is 4.15. The van der Waals surface area contributed by atoms with E-state index < -0.39 is 5.91 Å². The van der Waals surface area contributed by atoms with Crippen LogP contribution in [0.25, 0.3) is 22.4 Å². The maximum atomic E-state index is 12.1. The molecule has 6 nitrogen and oxygen atoms in total. The zero-order valence-corrected chi connectivity index (χ0v) is 17.1. The molecule has 0 aliphatic carbocycles. The molecule has 3 aromatic rings. The van der Waals surface area contributed by atoms with Crippen molar-refractivity contribution in [2.24, 2.45) is 18.2 Å². The molecule has 1 amide bonds. The van der Waals surface area contributed by atoms with E-state index in [2.05, 4.69) is 31.9 Å². The Labute approximate surface area is 170 Å². The summed E-state index contributed by atoms with van der Waals surface area (Å²) in [5, 5.41) is 14.0. The van der Waals surface area contributed by atoms with Crippen LogP contribution in [0.3, 0.4) is 0 Å². The van der Waals surface area contributed by atoms with Gasteiger partial charge in [0.1, 0.15) is 11.8 Å². The lowest BCUT2D eigenvalue weighted by atomic mass is 9.96. The van der Waals surface area contributed by atoms with Crippen molar-refractivity contribution in [1.29, 1.82) is 5.26 Å². The zero-order valence-electron chi connectivity index (χ0n) is 17.1. The van der Waals surface area contributed by atoms with Crippen LogP contribution in [-0.2, 0) is 7.05 Å². The number of aromatic nitrogens is 2. The van der Waals surface area contributed by atoms with Gasteiger partial charge in [-0.25, -0.2) is 0 Å². The molecule has 148 valence electrons. The standard InChI is InChI=1S/C23H24N4O2/c1-23(2,3)14-29-18-11-10-16(12-17(18)13-24)19-20(22(25)28)26-27(4)21(19)15-8-6-5-7-9-15/h5-12H,14H2,1-4H3,(H2,25,28). The van der Waals surface area contributed by atoms with Crippen LogP contribution in [0.5, 0.6) is 5.75 Å². The number of hydrogen-bond acceptors (Lipinski definition) is 4. The predicted molar refractivity (Wildman–Crippen MR) is 112 cm³/mol. The van der Waals surface area contributed by atoms with Crippen molar-refractivity contribution in [2.45, 2.75) is 20.8 Å². The van der Waals surface area contributed by atoms with E-state index in [9.17, 15) is 10.1 Å². The molecule has 1 heterocycles. The number of benzene rings is 2. The summed E-state index contributed by atoms with van der Waals surface area (Å²) in [7, 11) is 1.77. The SMILES string of the molecule is Cn1nc(C(N)=O)c(-c2ccc(OCC(C)(C)C)c(C#N)c2)c1-c1ccccc1. The molecule has 0 spiro atoms. The van der Waals surface area contributed by atoms with Gasteiger partial charge in [-0.3, -0.25) is 9.48 Å². The van der Waals surface area contributed by atoms with Crippen LogP contribution in [0.2, 0.25) is 0 Å². The third kappa shape index (κ3) is 4.30. The summed E-state index contributed by atoms with van der Waals surface area (Å²) in [5.41, 5.74) is 9.07. The number of rotatable bonds is 5. The van der Waals surface area contributed by atoms with Gasteiger partial charge in [-0.05, 0) is 23.1 Å². The highest BCUT2D eigenvalue weighted by molar-refractivity contribution is 6.02. The van der Waals surface area contributed by atoms with Crippen molar-refractivity contribution in [3.63, 3.8) is 0 Å². The summed E-state index contributed by atoms with van der Waals surface area (Å²) in [6.45, 7) is 6.67. The normalized spacial score (nSPS) is 11.1. The number of ether oxygens (including phenoxy) is 1. The number of nitrogens with zero attached hydrogens (tertiary/aromatic N) is 3. The highest BCUT2D eigenvalue weighted by atomic mass is 16.5. The number of primary amides is 1. The Hall–Kier alpha value is -3.59. The van der Waals surface area contributed by atoms with Crippen molar-refractivity contribution in [3.05, 3.63) is 59.8 Å². The highest BCUT2D eigenvalue weighted by Gasteiger charge is 2.23. The van der Waals surface area contributed by atoms with E-state index in [1.165, 1.54) is 0 Å². The van der Waals surface area contributed by atoms with Crippen molar-refractivity contribution >= 4 is 5.91 Å². The quantitative estimate of drug-likeness (QED) is 0.710. The zero-order chi connectivity index (χ0) is 21.2. The van der Waals surface area contributed by atoms with Gasteiger partial charge in [0.05, 0.1) is 17.9 Å². The molecule has 3 rings (SSSR count). The van der Waals surface area contributed by atoms with E-state index in [0.29, 0.717) is 29.0 Å². The van der Waals surface area contributed by atoms with Gasteiger partial charge in [0.15, 0.2) is 5.69 Å². The number of amides is 1. The molecule has 0 saturated carbocycles. The van der Waals surface area contributed by atoms with Crippen molar-refractivity contribution in [3.8, 4) is 34.2 Å². The number of hydrogen-bond donors (Lipinski definition) is 1. The summed E-state index contributed by atoms with van der Waals surface area (Å²) in [4.78, 5) is 12.1. The Morgan fingerprint density at radius 2 is 1.86 bits per heavy atom. The van der Waals surface area contributed by atoms with E-state index in [-0.39, 0.29) is 11.1 Å². The monoisotopic (exact) mass is 388 g/mol. The Balaban J connectivity index is 2.16. The fraction of sp³-hybridized carbons (Fsp3) is 0.261. The molecular formula is C23H24N4O2. The molecule has 0 aliphatic heterocycles. The van der Waals surface area contributed by atoms with E-state index >= 15 is 0 Å². The van der Waals surface area contributed by atoms with Gasteiger partial charge in [-0.2, -0.15) is 10.4 Å². The van der Waals surface area contributed by atoms with Gasteiger partial charge >= 0.3 is 0 Å². The largest absolute Gasteiger partial charge is 0.492 e. The average molecular weight is 388 g/mol. The van der Waals surface area contributed by atoms with Crippen LogP contribution in [0.1, 0.15) is 36.8 Å². The number of carbonyl (C=O) groups is 1. The molecule has 0 radical (unpaired) electrons. The first-order valence-corrected chi connectivity index (χ1v) is 9.31. The first kappa shape index (κ1) is 20.2. The van der Waals surface area contributed by atoms with Crippen LogP contribution in [-0.4, -0.2) is 22.3 Å². The summed E-state index contributed by atoms with van der Waals surface area (Å²) in [6, 6.07) is 17.1. The van der Waals surface area contributed by atoms with Gasteiger partial charge < -0.3 is 10.5 Å². The number of nitrogens with two attached hydrogens (primary N) is 1. The lowest BCUT2D eigenvalue weighted by molar-refractivity contribution is 0.0995. The molecule has 0 saturated heterocycles. The molecule has 2 N–H and O–H groups in total. The van der Waals surface area contributed by atoms with Crippen molar-refractivity contribution < 1.29 is 9.53 Å². The van der Waals surface area contributed by atoms with E-state index in [1.54, 1.807) is 23.9 Å². The minimum absolute atomic E-state index is 0.0334. The molecule has 2 aromatic carbocycles. The summed E-state index contributed by atoms with van der Waals surface area (Å²) in [5.74, 6) is -0.110. The third-order valence-corrected chi connectivity index (χ3v) is 4.38. The molecule has 0 atom stereocenters. The van der Waals surface area contributed by atoms with Crippen LogP contribution in [0.15, 0.2) is 48.5 Å². The van der Waals surface area contributed by atoms with Gasteiger partial charge in [-0.15, -0.1) is 0 Å². The number of carbonyl (C=O) groups excluding carboxylic acids is 1. The van der Waals surface area contributed by atoms with Crippen LogP contribution in [0.4, 0.5) is 0 Å². The molecule has 0 aliphatic rings. The molecule has 6 heteroatoms. The lowest BCUT2D eigenvalue weighted by Gasteiger charge is -2.19. The lowest BCUT2D eigenvalue weighted by Crippen LogP contribution is -2.17. The van der Waals surface area contributed by atoms with E-state index in [1.807, 2.05) is 36.4 Å². The van der Waals surface area contributed by atoms with Crippen LogP contribution >= 0.6 is 0 Å². The summed E-state index contributed by atoms with van der Waals surface area (Å²) < 4.78 is 7.49. The van der Waals surface area contributed by atoms with Crippen LogP contribution in [0, 0.1) is 16.7 Å².